The van der Waals surface area contributed by atoms with Crippen LogP contribution in [0.1, 0.15) is 37.7 Å². The SMILES string of the molecule is Cc1c(Cl)cccc1NC(=O)Nc1nnc(N(C)C2CCCCC2)s1. The number of carbonyl (C=O) groups is 1. The van der Waals surface area contributed by atoms with Crippen LogP contribution < -0.4 is 15.5 Å². The summed E-state index contributed by atoms with van der Waals surface area (Å²) in [5.41, 5.74) is 1.50. The molecule has 6 nitrogen and oxygen atoms in total. The van der Waals surface area contributed by atoms with Crippen LogP contribution >= 0.6 is 22.9 Å². The molecule has 2 aromatic rings. The Morgan fingerprint density at radius 2 is 2.00 bits per heavy atom. The zero-order valence-corrected chi connectivity index (χ0v) is 16.0. The van der Waals surface area contributed by atoms with Crippen molar-refractivity contribution >= 4 is 44.9 Å². The first kappa shape index (κ1) is 17.9. The lowest BCUT2D eigenvalue weighted by molar-refractivity contribution is 0.262. The number of benzene rings is 1. The number of halogens is 1. The highest BCUT2D eigenvalue weighted by atomic mass is 35.5. The number of anilines is 3. The number of carbonyl (C=O) groups excluding carboxylic acids is 1. The van der Waals surface area contributed by atoms with Crippen LogP contribution in [0.4, 0.5) is 20.7 Å². The smallest absolute Gasteiger partial charge is 0.325 e. The summed E-state index contributed by atoms with van der Waals surface area (Å²) >= 11 is 7.46. The van der Waals surface area contributed by atoms with Crippen LogP contribution in [0, 0.1) is 6.92 Å². The van der Waals surface area contributed by atoms with Gasteiger partial charge in [0.05, 0.1) is 0 Å². The second kappa shape index (κ2) is 8.01. The molecule has 0 unspecified atom stereocenters. The van der Waals surface area contributed by atoms with Gasteiger partial charge in [0.25, 0.3) is 0 Å². The van der Waals surface area contributed by atoms with Gasteiger partial charge >= 0.3 is 6.03 Å². The maximum absolute atomic E-state index is 12.2. The summed E-state index contributed by atoms with van der Waals surface area (Å²) in [5, 5.41) is 15.8. The van der Waals surface area contributed by atoms with E-state index in [1.807, 2.05) is 13.0 Å². The highest BCUT2D eigenvalue weighted by molar-refractivity contribution is 7.19. The third-order valence-corrected chi connectivity index (χ3v) is 5.91. The number of hydrogen-bond donors (Lipinski definition) is 2. The van der Waals surface area contributed by atoms with Gasteiger partial charge in [-0.15, -0.1) is 10.2 Å². The van der Waals surface area contributed by atoms with E-state index in [1.54, 1.807) is 12.1 Å². The van der Waals surface area contributed by atoms with E-state index in [4.69, 9.17) is 11.6 Å². The fourth-order valence-corrected chi connectivity index (χ4v) is 3.97. The second-order valence-electron chi connectivity index (χ2n) is 6.28. The van der Waals surface area contributed by atoms with Crippen molar-refractivity contribution in [2.24, 2.45) is 0 Å². The molecule has 134 valence electrons. The molecule has 1 aromatic heterocycles. The Morgan fingerprint density at radius 1 is 1.24 bits per heavy atom. The lowest BCUT2D eigenvalue weighted by Crippen LogP contribution is -2.33. The molecule has 0 atom stereocenters. The zero-order valence-electron chi connectivity index (χ0n) is 14.4. The van der Waals surface area contributed by atoms with Crippen molar-refractivity contribution in [2.75, 3.05) is 22.6 Å². The van der Waals surface area contributed by atoms with E-state index >= 15 is 0 Å². The number of urea groups is 1. The lowest BCUT2D eigenvalue weighted by atomic mass is 9.95. The van der Waals surface area contributed by atoms with Crippen molar-refractivity contribution in [3.63, 3.8) is 0 Å². The minimum atomic E-state index is -0.353. The third kappa shape index (κ3) is 4.41. The average molecular weight is 380 g/mol. The Balaban J connectivity index is 1.60. The molecule has 1 aliphatic rings. The third-order valence-electron chi connectivity index (χ3n) is 4.57. The van der Waals surface area contributed by atoms with Gasteiger partial charge in [0.15, 0.2) is 0 Å². The van der Waals surface area contributed by atoms with Gasteiger partial charge in [-0.1, -0.05) is 48.3 Å². The minimum Gasteiger partial charge on any atom is -0.347 e. The van der Waals surface area contributed by atoms with Crippen LogP contribution in [0.25, 0.3) is 0 Å². The number of amides is 2. The highest BCUT2D eigenvalue weighted by Gasteiger charge is 2.21. The maximum atomic E-state index is 12.2. The Kier molecular flexibility index (Phi) is 5.75. The molecule has 1 aromatic carbocycles. The molecule has 0 aliphatic heterocycles. The van der Waals surface area contributed by atoms with Gasteiger partial charge < -0.3 is 10.2 Å². The van der Waals surface area contributed by atoms with E-state index in [1.165, 1.54) is 43.4 Å². The summed E-state index contributed by atoms with van der Waals surface area (Å²) < 4.78 is 0. The topological polar surface area (TPSA) is 70.1 Å². The standard InChI is InChI=1S/C17H22ClN5OS/c1-11-13(18)9-6-10-14(11)19-15(24)20-16-21-22-17(25-16)23(2)12-7-4-3-5-8-12/h6,9-10,12H,3-5,7-8H2,1-2H3,(H2,19,20,21,24). The van der Waals surface area contributed by atoms with Crippen LogP contribution in [0.15, 0.2) is 18.2 Å². The van der Waals surface area contributed by atoms with Crippen LogP contribution in [0.3, 0.4) is 0 Å². The van der Waals surface area contributed by atoms with Crippen molar-refractivity contribution in [1.82, 2.24) is 10.2 Å². The van der Waals surface area contributed by atoms with Gasteiger partial charge in [0.2, 0.25) is 10.3 Å². The van der Waals surface area contributed by atoms with Gasteiger partial charge in [-0.2, -0.15) is 0 Å². The molecule has 3 rings (SSSR count). The molecule has 1 saturated carbocycles. The Morgan fingerprint density at radius 3 is 2.76 bits per heavy atom. The molecule has 8 heteroatoms. The number of nitrogens with zero attached hydrogens (tertiary/aromatic N) is 3. The normalized spacial score (nSPS) is 15.0. The monoisotopic (exact) mass is 379 g/mol. The summed E-state index contributed by atoms with van der Waals surface area (Å²) in [5.74, 6) is 0. The number of nitrogens with one attached hydrogen (secondary N) is 2. The molecule has 25 heavy (non-hydrogen) atoms. The van der Waals surface area contributed by atoms with E-state index < -0.39 is 0 Å². The Labute approximate surface area is 156 Å². The van der Waals surface area contributed by atoms with Gasteiger partial charge in [0, 0.05) is 23.8 Å². The number of aromatic nitrogens is 2. The highest BCUT2D eigenvalue weighted by Crippen LogP contribution is 2.30. The van der Waals surface area contributed by atoms with Gasteiger partial charge in [0.1, 0.15) is 0 Å². The molecule has 0 radical (unpaired) electrons. The number of hydrogen-bond acceptors (Lipinski definition) is 5. The van der Waals surface area contributed by atoms with Gasteiger partial charge in [-0.05, 0) is 37.5 Å². The average Bonchev–Trinajstić information content (AvgIpc) is 3.07. The van der Waals surface area contributed by atoms with Crippen molar-refractivity contribution in [1.29, 1.82) is 0 Å². The molecular weight excluding hydrogens is 358 g/mol. The van der Waals surface area contributed by atoms with Crippen molar-refractivity contribution in [2.45, 2.75) is 45.1 Å². The summed E-state index contributed by atoms with van der Waals surface area (Å²) in [7, 11) is 2.05. The van der Waals surface area contributed by atoms with Gasteiger partial charge in [-0.25, -0.2) is 4.79 Å². The first-order chi connectivity index (χ1) is 12.0. The molecular formula is C17H22ClN5OS. The predicted molar refractivity (Wildman–Crippen MR) is 104 cm³/mol. The Bertz CT molecular complexity index is 744. The van der Waals surface area contributed by atoms with E-state index in [9.17, 15) is 4.79 Å². The first-order valence-electron chi connectivity index (χ1n) is 8.44. The fraction of sp³-hybridized carbons (Fsp3) is 0.471. The van der Waals surface area contributed by atoms with Crippen LogP contribution in [-0.4, -0.2) is 29.3 Å². The molecule has 1 aliphatic carbocycles. The summed E-state index contributed by atoms with van der Waals surface area (Å²) in [4.78, 5) is 14.4. The first-order valence-corrected chi connectivity index (χ1v) is 9.63. The maximum Gasteiger partial charge on any atom is 0.325 e. The fourth-order valence-electron chi connectivity index (χ4n) is 3.03. The van der Waals surface area contributed by atoms with Gasteiger partial charge in [-0.3, -0.25) is 5.32 Å². The Hall–Kier alpha value is -1.86. The number of rotatable bonds is 4. The van der Waals surface area contributed by atoms with Crippen LogP contribution in [0.5, 0.6) is 0 Å². The van der Waals surface area contributed by atoms with E-state index in [0.717, 1.165) is 10.7 Å². The zero-order chi connectivity index (χ0) is 17.8. The van der Waals surface area contributed by atoms with E-state index in [2.05, 4.69) is 32.8 Å². The second-order valence-corrected chi connectivity index (χ2v) is 7.65. The summed E-state index contributed by atoms with van der Waals surface area (Å²) in [6.07, 6.45) is 6.22. The molecule has 2 N–H and O–H groups in total. The van der Waals surface area contributed by atoms with E-state index in [-0.39, 0.29) is 6.03 Å². The summed E-state index contributed by atoms with van der Waals surface area (Å²) in [6.45, 7) is 1.86. The molecule has 1 heterocycles. The molecule has 0 spiro atoms. The van der Waals surface area contributed by atoms with Crippen LogP contribution in [-0.2, 0) is 0 Å². The van der Waals surface area contributed by atoms with Crippen molar-refractivity contribution in [3.8, 4) is 0 Å². The predicted octanol–water partition coefficient (Wildman–Crippen LogP) is 4.91. The van der Waals surface area contributed by atoms with Crippen LogP contribution in [0.2, 0.25) is 5.02 Å². The molecule has 2 amide bonds. The van der Waals surface area contributed by atoms with E-state index in [0.29, 0.717) is 21.9 Å². The minimum absolute atomic E-state index is 0.353. The quantitative estimate of drug-likeness (QED) is 0.791. The van der Waals surface area contributed by atoms with Crippen molar-refractivity contribution in [3.05, 3.63) is 28.8 Å². The molecule has 0 saturated heterocycles. The lowest BCUT2D eigenvalue weighted by Gasteiger charge is -2.30. The largest absolute Gasteiger partial charge is 0.347 e. The summed E-state index contributed by atoms with van der Waals surface area (Å²) in [6, 6.07) is 5.56. The van der Waals surface area contributed by atoms with Crippen molar-refractivity contribution < 1.29 is 4.79 Å². The molecule has 1 fully saturated rings. The molecule has 0 bridgehead atoms.